The fourth-order valence-corrected chi connectivity index (χ4v) is 3.91. The van der Waals surface area contributed by atoms with Crippen molar-refractivity contribution in [1.82, 2.24) is 5.32 Å². The van der Waals surface area contributed by atoms with Crippen molar-refractivity contribution in [3.8, 4) is 0 Å². The fourth-order valence-electron chi connectivity index (χ4n) is 3.91. The molecule has 2 rings (SSSR count). The van der Waals surface area contributed by atoms with Crippen LogP contribution in [0.5, 0.6) is 0 Å². The SMILES string of the molecule is CCNCC1(OC2CCC(C)(C)CC2)CCCCCC1. The lowest BCUT2D eigenvalue weighted by Crippen LogP contribution is -2.46. The molecule has 0 aliphatic heterocycles. The third-order valence-electron chi connectivity index (χ3n) is 5.41. The zero-order chi connectivity index (χ0) is 14.5. The van der Waals surface area contributed by atoms with E-state index in [2.05, 4.69) is 26.1 Å². The first kappa shape index (κ1) is 16.3. The Morgan fingerprint density at radius 1 is 0.950 bits per heavy atom. The van der Waals surface area contributed by atoms with Gasteiger partial charge in [0, 0.05) is 6.54 Å². The summed E-state index contributed by atoms with van der Waals surface area (Å²) in [7, 11) is 0. The van der Waals surface area contributed by atoms with Crippen LogP contribution in [0.2, 0.25) is 0 Å². The standard InChI is InChI=1S/C18H35NO/c1-4-19-15-18(11-7-5-6-8-12-18)20-16-9-13-17(2,3)14-10-16/h16,19H,4-15H2,1-3H3. The summed E-state index contributed by atoms with van der Waals surface area (Å²) in [6, 6.07) is 0. The van der Waals surface area contributed by atoms with Crippen molar-refractivity contribution in [3.05, 3.63) is 0 Å². The summed E-state index contributed by atoms with van der Waals surface area (Å²) in [5, 5.41) is 3.57. The second-order valence-corrected chi connectivity index (χ2v) is 7.86. The zero-order valence-electron chi connectivity index (χ0n) is 14.0. The van der Waals surface area contributed by atoms with E-state index in [9.17, 15) is 0 Å². The van der Waals surface area contributed by atoms with Gasteiger partial charge >= 0.3 is 0 Å². The Balaban J connectivity index is 1.93. The molecule has 0 amide bonds. The van der Waals surface area contributed by atoms with Crippen molar-refractivity contribution in [1.29, 1.82) is 0 Å². The molecule has 118 valence electrons. The largest absolute Gasteiger partial charge is 0.370 e. The monoisotopic (exact) mass is 281 g/mol. The van der Waals surface area contributed by atoms with Crippen LogP contribution in [0.3, 0.4) is 0 Å². The van der Waals surface area contributed by atoms with Crippen molar-refractivity contribution in [3.63, 3.8) is 0 Å². The maximum absolute atomic E-state index is 6.73. The zero-order valence-corrected chi connectivity index (χ0v) is 14.0. The lowest BCUT2D eigenvalue weighted by molar-refractivity contribution is -0.120. The second-order valence-electron chi connectivity index (χ2n) is 7.86. The number of ether oxygens (including phenoxy) is 1. The first-order chi connectivity index (χ1) is 9.55. The van der Waals surface area contributed by atoms with Gasteiger partial charge < -0.3 is 10.1 Å². The van der Waals surface area contributed by atoms with Gasteiger partial charge in [-0.2, -0.15) is 0 Å². The molecule has 0 saturated heterocycles. The molecule has 0 atom stereocenters. The van der Waals surface area contributed by atoms with E-state index >= 15 is 0 Å². The molecule has 0 bridgehead atoms. The van der Waals surface area contributed by atoms with E-state index in [0.717, 1.165) is 13.1 Å². The molecule has 2 heteroatoms. The summed E-state index contributed by atoms with van der Waals surface area (Å²) in [4.78, 5) is 0. The fraction of sp³-hybridized carbons (Fsp3) is 1.00. The minimum atomic E-state index is 0.138. The lowest BCUT2D eigenvalue weighted by atomic mass is 9.76. The van der Waals surface area contributed by atoms with Gasteiger partial charge in [-0.25, -0.2) is 0 Å². The molecule has 2 aliphatic rings. The van der Waals surface area contributed by atoms with E-state index in [-0.39, 0.29) is 5.60 Å². The summed E-state index contributed by atoms with van der Waals surface area (Å²) in [5.74, 6) is 0. The van der Waals surface area contributed by atoms with Gasteiger partial charge in [0.2, 0.25) is 0 Å². The highest BCUT2D eigenvalue weighted by atomic mass is 16.5. The molecule has 2 aliphatic carbocycles. The van der Waals surface area contributed by atoms with Gasteiger partial charge in [-0.15, -0.1) is 0 Å². The van der Waals surface area contributed by atoms with Crippen molar-refractivity contribution in [2.75, 3.05) is 13.1 Å². The number of nitrogens with one attached hydrogen (secondary N) is 1. The topological polar surface area (TPSA) is 21.3 Å². The minimum Gasteiger partial charge on any atom is -0.370 e. The second kappa shape index (κ2) is 7.26. The number of likely N-dealkylation sites (N-methyl/N-ethyl adjacent to an activating group) is 1. The number of rotatable bonds is 5. The average molecular weight is 281 g/mol. The molecule has 0 unspecified atom stereocenters. The third kappa shape index (κ3) is 4.73. The van der Waals surface area contributed by atoms with E-state index in [4.69, 9.17) is 4.74 Å². The summed E-state index contributed by atoms with van der Waals surface area (Å²) >= 11 is 0. The van der Waals surface area contributed by atoms with Crippen LogP contribution in [0.1, 0.15) is 85.0 Å². The van der Waals surface area contributed by atoms with E-state index in [1.54, 1.807) is 0 Å². The van der Waals surface area contributed by atoms with E-state index in [0.29, 0.717) is 11.5 Å². The van der Waals surface area contributed by atoms with Crippen molar-refractivity contribution >= 4 is 0 Å². The maximum Gasteiger partial charge on any atom is 0.0810 e. The quantitative estimate of drug-likeness (QED) is 0.739. The molecule has 20 heavy (non-hydrogen) atoms. The van der Waals surface area contributed by atoms with Crippen LogP contribution in [0.15, 0.2) is 0 Å². The van der Waals surface area contributed by atoms with Gasteiger partial charge in [-0.05, 0) is 50.5 Å². The Hall–Kier alpha value is -0.0800. The molecule has 0 radical (unpaired) electrons. The van der Waals surface area contributed by atoms with Crippen LogP contribution in [0.4, 0.5) is 0 Å². The highest BCUT2D eigenvalue weighted by molar-refractivity contribution is 4.88. The molecule has 0 aromatic rings. The molecule has 0 aromatic carbocycles. The van der Waals surface area contributed by atoms with Gasteiger partial charge in [-0.3, -0.25) is 0 Å². The smallest absolute Gasteiger partial charge is 0.0810 e. The molecule has 0 heterocycles. The van der Waals surface area contributed by atoms with Crippen molar-refractivity contribution < 1.29 is 4.74 Å². The Bertz CT molecular complexity index is 269. The third-order valence-corrected chi connectivity index (χ3v) is 5.41. The Morgan fingerprint density at radius 3 is 2.10 bits per heavy atom. The number of hydrogen-bond donors (Lipinski definition) is 1. The Morgan fingerprint density at radius 2 is 1.55 bits per heavy atom. The van der Waals surface area contributed by atoms with Gasteiger partial charge in [-0.1, -0.05) is 46.5 Å². The molecular weight excluding hydrogens is 246 g/mol. The molecule has 0 aromatic heterocycles. The average Bonchev–Trinajstić information content (AvgIpc) is 2.65. The Kier molecular flexibility index (Phi) is 5.92. The lowest BCUT2D eigenvalue weighted by Gasteiger charge is -2.41. The molecule has 2 saturated carbocycles. The first-order valence-electron chi connectivity index (χ1n) is 8.94. The highest BCUT2D eigenvalue weighted by Gasteiger charge is 2.36. The molecule has 0 spiro atoms. The predicted molar refractivity (Wildman–Crippen MR) is 86.1 cm³/mol. The van der Waals surface area contributed by atoms with Crippen LogP contribution in [0.25, 0.3) is 0 Å². The van der Waals surface area contributed by atoms with E-state index in [1.807, 2.05) is 0 Å². The molecular formula is C18H35NO. The van der Waals surface area contributed by atoms with Crippen LogP contribution >= 0.6 is 0 Å². The predicted octanol–water partition coefficient (Wildman–Crippen LogP) is 4.67. The minimum absolute atomic E-state index is 0.138. The highest BCUT2D eigenvalue weighted by Crippen LogP contribution is 2.39. The Labute approximate surface area is 126 Å². The summed E-state index contributed by atoms with van der Waals surface area (Å²) in [5.41, 5.74) is 0.677. The molecule has 1 N–H and O–H groups in total. The van der Waals surface area contributed by atoms with Crippen molar-refractivity contribution in [2.45, 2.75) is 96.7 Å². The summed E-state index contributed by atoms with van der Waals surface area (Å²) < 4.78 is 6.73. The first-order valence-corrected chi connectivity index (χ1v) is 8.94. The van der Waals surface area contributed by atoms with Gasteiger partial charge in [0.15, 0.2) is 0 Å². The van der Waals surface area contributed by atoms with Crippen LogP contribution in [-0.2, 0) is 4.74 Å². The molecule has 2 nitrogen and oxygen atoms in total. The van der Waals surface area contributed by atoms with Gasteiger partial charge in [0.1, 0.15) is 0 Å². The number of hydrogen-bond acceptors (Lipinski definition) is 2. The van der Waals surface area contributed by atoms with E-state index < -0.39 is 0 Å². The normalized spacial score (nSPS) is 27.1. The van der Waals surface area contributed by atoms with Crippen LogP contribution in [0, 0.1) is 5.41 Å². The maximum atomic E-state index is 6.73. The van der Waals surface area contributed by atoms with Gasteiger partial charge in [0.25, 0.3) is 0 Å². The molecule has 2 fully saturated rings. The van der Waals surface area contributed by atoms with Crippen molar-refractivity contribution in [2.24, 2.45) is 5.41 Å². The van der Waals surface area contributed by atoms with Gasteiger partial charge in [0.05, 0.1) is 11.7 Å². The van der Waals surface area contributed by atoms with E-state index in [1.165, 1.54) is 64.2 Å². The van der Waals surface area contributed by atoms with Crippen LogP contribution < -0.4 is 5.32 Å². The summed E-state index contributed by atoms with van der Waals surface area (Å²) in [6.45, 7) is 9.13. The van der Waals surface area contributed by atoms with Crippen LogP contribution in [-0.4, -0.2) is 24.8 Å². The summed E-state index contributed by atoms with van der Waals surface area (Å²) in [6.07, 6.45) is 13.7.